The first-order valence-corrected chi connectivity index (χ1v) is 10.1. The molecular weight excluding hydrogens is 420 g/mol. The Bertz CT molecular complexity index is 1170. The number of benzene rings is 2. The number of anilines is 1. The van der Waals surface area contributed by atoms with E-state index >= 15 is 0 Å². The quantitative estimate of drug-likeness (QED) is 0.336. The lowest BCUT2D eigenvalue weighted by Crippen LogP contribution is -2.07. The molecule has 1 N–H and O–H groups in total. The lowest BCUT2D eigenvalue weighted by molar-refractivity contribution is -0.132. The van der Waals surface area contributed by atoms with Crippen LogP contribution in [-0.4, -0.2) is 36.5 Å². The molecule has 9 heteroatoms. The maximum absolute atomic E-state index is 12.3. The number of carbonyl (C=O) groups excluding carboxylic acids is 3. The fraction of sp³-hybridized carbons (Fsp3) is 0.182. The molecule has 0 fully saturated rings. The number of ether oxygens (including phenoxy) is 3. The summed E-state index contributed by atoms with van der Waals surface area (Å²) in [5.41, 5.74) is 1.79. The SMILES string of the molecule is CCOC(=O)c1ccc2nc(NC(=O)/C=C/c3ccc(OC(C)=O)c(OC)c3)sc2c1. The fourth-order valence-electron chi connectivity index (χ4n) is 2.67. The van der Waals surface area contributed by atoms with Gasteiger partial charge in [0.25, 0.3) is 0 Å². The summed E-state index contributed by atoms with van der Waals surface area (Å²) in [5.74, 6) is -0.546. The number of methoxy groups -OCH3 is 1. The molecule has 3 rings (SSSR count). The number of hydrogen-bond acceptors (Lipinski definition) is 8. The number of nitrogens with zero attached hydrogens (tertiary/aromatic N) is 1. The van der Waals surface area contributed by atoms with Gasteiger partial charge in [0.2, 0.25) is 5.91 Å². The monoisotopic (exact) mass is 440 g/mol. The van der Waals surface area contributed by atoms with Crippen molar-refractivity contribution in [3.8, 4) is 11.5 Å². The smallest absolute Gasteiger partial charge is 0.338 e. The topological polar surface area (TPSA) is 104 Å². The van der Waals surface area contributed by atoms with Crippen molar-refractivity contribution in [1.82, 2.24) is 4.98 Å². The molecule has 2 aromatic carbocycles. The number of rotatable bonds is 7. The zero-order chi connectivity index (χ0) is 22.4. The minimum atomic E-state index is -0.453. The third-order valence-corrected chi connectivity index (χ3v) is 4.93. The number of fused-ring (bicyclic) bond motifs is 1. The van der Waals surface area contributed by atoms with Gasteiger partial charge in [-0.15, -0.1) is 0 Å². The van der Waals surface area contributed by atoms with E-state index in [1.807, 2.05) is 0 Å². The first-order valence-electron chi connectivity index (χ1n) is 9.33. The minimum Gasteiger partial charge on any atom is -0.493 e. The fourth-order valence-corrected chi connectivity index (χ4v) is 3.57. The molecule has 0 spiro atoms. The van der Waals surface area contributed by atoms with Crippen LogP contribution in [0.5, 0.6) is 11.5 Å². The van der Waals surface area contributed by atoms with Crippen LogP contribution in [0, 0.1) is 0 Å². The van der Waals surface area contributed by atoms with Crippen molar-refractivity contribution in [1.29, 1.82) is 0 Å². The number of hydrogen-bond donors (Lipinski definition) is 1. The second-order valence-corrected chi connectivity index (χ2v) is 7.28. The Morgan fingerprint density at radius 3 is 2.65 bits per heavy atom. The average molecular weight is 440 g/mol. The summed E-state index contributed by atoms with van der Waals surface area (Å²) in [4.78, 5) is 39.6. The van der Waals surface area contributed by atoms with E-state index < -0.39 is 11.9 Å². The highest BCUT2D eigenvalue weighted by molar-refractivity contribution is 7.22. The molecule has 8 nitrogen and oxygen atoms in total. The number of amides is 1. The molecule has 0 bridgehead atoms. The molecule has 3 aromatic rings. The zero-order valence-corrected chi connectivity index (χ0v) is 17.9. The molecule has 160 valence electrons. The van der Waals surface area contributed by atoms with Crippen molar-refractivity contribution in [2.24, 2.45) is 0 Å². The second-order valence-electron chi connectivity index (χ2n) is 6.25. The number of thiazole rings is 1. The van der Waals surface area contributed by atoms with Gasteiger partial charge in [-0.05, 0) is 48.9 Å². The number of esters is 2. The first-order chi connectivity index (χ1) is 14.9. The highest BCUT2D eigenvalue weighted by Crippen LogP contribution is 2.29. The van der Waals surface area contributed by atoms with Crippen LogP contribution in [-0.2, 0) is 14.3 Å². The molecule has 1 heterocycles. The van der Waals surface area contributed by atoms with E-state index in [9.17, 15) is 14.4 Å². The summed E-state index contributed by atoms with van der Waals surface area (Å²) in [5, 5.41) is 3.12. The third-order valence-electron chi connectivity index (χ3n) is 4.00. The van der Waals surface area contributed by atoms with E-state index in [1.165, 1.54) is 31.4 Å². The van der Waals surface area contributed by atoms with Crippen molar-refractivity contribution in [2.75, 3.05) is 19.0 Å². The van der Waals surface area contributed by atoms with Crippen LogP contribution in [0.25, 0.3) is 16.3 Å². The first kappa shape index (κ1) is 22.0. The molecule has 1 amide bonds. The predicted molar refractivity (Wildman–Crippen MR) is 118 cm³/mol. The molecule has 0 aliphatic rings. The van der Waals surface area contributed by atoms with E-state index in [0.717, 1.165) is 4.70 Å². The highest BCUT2D eigenvalue weighted by atomic mass is 32.1. The van der Waals surface area contributed by atoms with Crippen LogP contribution in [0.4, 0.5) is 5.13 Å². The number of nitrogens with one attached hydrogen (secondary N) is 1. The minimum absolute atomic E-state index is 0.297. The van der Waals surface area contributed by atoms with Gasteiger partial charge >= 0.3 is 11.9 Å². The Hall–Kier alpha value is -3.72. The molecular formula is C22H20N2O6S. The summed E-state index contributed by atoms with van der Waals surface area (Å²) in [6.45, 7) is 3.34. The Morgan fingerprint density at radius 2 is 1.94 bits per heavy atom. The standard InChI is InChI=1S/C22H20N2O6S/c1-4-29-21(27)15-7-8-16-19(12-15)31-22(23-16)24-20(26)10-6-14-5-9-17(30-13(2)25)18(11-14)28-3/h5-12H,4H2,1-3H3,(H,23,24,26)/b10-6+. The van der Waals surface area contributed by atoms with Gasteiger partial charge in [-0.3, -0.25) is 14.9 Å². The van der Waals surface area contributed by atoms with E-state index in [4.69, 9.17) is 14.2 Å². The molecule has 1 aromatic heterocycles. The van der Waals surface area contributed by atoms with Gasteiger partial charge in [0, 0.05) is 13.0 Å². The van der Waals surface area contributed by atoms with Gasteiger partial charge in [0.05, 0.1) is 29.5 Å². The van der Waals surface area contributed by atoms with E-state index in [1.54, 1.807) is 49.4 Å². The van der Waals surface area contributed by atoms with E-state index in [2.05, 4.69) is 10.3 Å². The normalized spacial score (nSPS) is 10.8. The lowest BCUT2D eigenvalue weighted by atomic mass is 10.2. The van der Waals surface area contributed by atoms with Crippen molar-refractivity contribution >= 4 is 50.6 Å². The van der Waals surface area contributed by atoms with Crippen molar-refractivity contribution < 1.29 is 28.6 Å². The van der Waals surface area contributed by atoms with Gasteiger partial charge in [0.1, 0.15) is 0 Å². The van der Waals surface area contributed by atoms with Gasteiger partial charge in [-0.1, -0.05) is 17.4 Å². The summed E-state index contributed by atoms with van der Waals surface area (Å²) >= 11 is 1.26. The maximum Gasteiger partial charge on any atom is 0.338 e. The summed E-state index contributed by atoms with van der Waals surface area (Å²) < 4.78 is 16.0. The van der Waals surface area contributed by atoms with Crippen molar-refractivity contribution in [3.63, 3.8) is 0 Å². The van der Waals surface area contributed by atoms with Gasteiger partial charge in [-0.25, -0.2) is 9.78 Å². The molecule has 0 atom stereocenters. The average Bonchev–Trinajstić information content (AvgIpc) is 3.14. The molecule has 31 heavy (non-hydrogen) atoms. The lowest BCUT2D eigenvalue weighted by Gasteiger charge is -2.08. The van der Waals surface area contributed by atoms with Crippen molar-refractivity contribution in [3.05, 3.63) is 53.6 Å². The van der Waals surface area contributed by atoms with E-state index in [0.29, 0.717) is 39.9 Å². The maximum atomic E-state index is 12.3. The number of aromatic nitrogens is 1. The second kappa shape index (κ2) is 9.86. The Morgan fingerprint density at radius 1 is 1.13 bits per heavy atom. The van der Waals surface area contributed by atoms with Crippen LogP contribution in [0.15, 0.2) is 42.5 Å². The van der Waals surface area contributed by atoms with Gasteiger partial charge < -0.3 is 14.2 Å². The van der Waals surface area contributed by atoms with Crippen LogP contribution >= 0.6 is 11.3 Å². The Balaban J connectivity index is 1.70. The summed E-state index contributed by atoms with van der Waals surface area (Å²) in [7, 11) is 1.46. The summed E-state index contributed by atoms with van der Waals surface area (Å²) in [6.07, 6.45) is 2.96. The predicted octanol–water partition coefficient (Wildman–Crippen LogP) is 4.06. The van der Waals surface area contributed by atoms with Crippen molar-refractivity contribution in [2.45, 2.75) is 13.8 Å². The largest absolute Gasteiger partial charge is 0.493 e. The van der Waals surface area contributed by atoms with Crippen LogP contribution in [0.3, 0.4) is 0 Å². The molecule has 0 aliphatic heterocycles. The molecule has 0 aliphatic carbocycles. The summed E-state index contributed by atoms with van der Waals surface area (Å²) in [6, 6.07) is 9.97. The van der Waals surface area contributed by atoms with Gasteiger partial charge in [0.15, 0.2) is 16.6 Å². The van der Waals surface area contributed by atoms with Crippen LogP contribution in [0.2, 0.25) is 0 Å². The molecule has 0 saturated heterocycles. The zero-order valence-electron chi connectivity index (χ0n) is 17.1. The highest BCUT2D eigenvalue weighted by Gasteiger charge is 2.11. The molecule has 0 radical (unpaired) electrons. The molecule has 0 unspecified atom stereocenters. The Kier molecular flexibility index (Phi) is 6.99. The van der Waals surface area contributed by atoms with Crippen LogP contribution < -0.4 is 14.8 Å². The third kappa shape index (κ3) is 5.67. The van der Waals surface area contributed by atoms with E-state index in [-0.39, 0.29) is 5.91 Å². The molecule has 0 saturated carbocycles. The number of carbonyl (C=O) groups is 3. The van der Waals surface area contributed by atoms with Crippen LogP contribution in [0.1, 0.15) is 29.8 Å². The van der Waals surface area contributed by atoms with Gasteiger partial charge in [-0.2, -0.15) is 0 Å². The Labute approximate surface area is 182 Å².